The minimum Gasteiger partial charge on any atom is -0.481 e. The van der Waals surface area contributed by atoms with Gasteiger partial charge in [0.15, 0.2) is 6.10 Å². The summed E-state index contributed by atoms with van der Waals surface area (Å²) < 4.78 is 11.0. The average molecular weight is 315 g/mol. The van der Waals surface area contributed by atoms with Crippen molar-refractivity contribution in [1.82, 2.24) is 5.32 Å². The topological polar surface area (TPSA) is 47.6 Å². The quantitative estimate of drug-likeness (QED) is 0.850. The molecule has 2 aromatic rings. The van der Waals surface area contributed by atoms with Crippen molar-refractivity contribution in [3.8, 4) is 5.75 Å². The van der Waals surface area contributed by atoms with Gasteiger partial charge >= 0.3 is 0 Å². The molecule has 0 radical (unpaired) electrons. The van der Waals surface area contributed by atoms with Gasteiger partial charge in [-0.2, -0.15) is 0 Å². The molecule has 2 aromatic carbocycles. The van der Waals surface area contributed by atoms with Crippen molar-refractivity contribution in [2.45, 2.75) is 38.8 Å². The lowest BCUT2D eigenvalue weighted by Gasteiger charge is -2.28. The molecule has 1 amide bonds. The van der Waals surface area contributed by atoms with Crippen LogP contribution in [0.2, 0.25) is 0 Å². The Labute approximate surface area is 137 Å². The molecule has 4 heteroatoms. The highest BCUT2D eigenvalue weighted by Gasteiger charge is 2.26. The first-order valence-corrected chi connectivity index (χ1v) is 7.91. The molecule has 4 nitrogen and oxygen atoms in total. The molecule has 0 aliphatic heterocycles. The van der Waals surface area contributed by atoms with Gasteiger partial charge in [0, 0.05) is 7.11 Å². The summed E-state index contributed by atoms with van der Waals surface area (Å²) in [5.41, 5.74) is -0.425. The van der Waals surface area contributed by atoms with Crippen molar-refractivity contribution >= 4 is 16.7 Å². The Morgan fingerprint density at radius 1 is 1.17 bits per heavy atom. The fourth-order valence-corrected chi connectivity index (χ4v) is 2.54. The third kappa shape index (κ3) is 4.70. The number of rotatable bonds is 7. The normalized spacial score (nSPS) is 12.9. The fraction of sp³-hybridized carbons (Fsp3) is 0.421. The van der Waals surface area contributed by atoms with Crippen LogP contribution in [0.5, 0.6) is 5.75 Å². The molecule has 0 aliphatic rings. The van der Waals surface area contributed by atoms with E-state index in [1.165, 1.54) is 0 Å². The summed E-state index contributed by atoms with van der Waals surface area (Å²) in [7, 11) is 1.62. The van der Waals surface area contributed by atoms with E-state index in [9.17, 15) is 4.79 Å². The Morgan fingerprint density at radius 2 is 1.87 bits per heavy atom. The molecule has 0 aromatic heterocycles. The second-order valence-electron chi connectivity index (χ2n) is 6.33. The minimum atomic E-state index is -0.521. The van der Waals surface area contributed by atoms with E-state index in [2.05, 4.69) is 11.4 Å². The molecule has 0 saturated heterocycles. The monoisotopic (exact) mass is 315 g/mol. The van der Waals surface area contributed by atoms with E-state index in [0.717, 1.165) is 10.8 Å². The van der Waals surface area contributed by atoms with Crippen LogP contribution in [0.15, 0.2) is 42.5 Å². The van der Waals surface area contributed by atoms with E-state index in [4.69, 9.17) is 9.47 Å². The summed E-state index contributed by atoms with van der Waals surface area (Å²) in [5.74, 6) is 0.581. The van der Waals surface area contributed by atoms with E-state index in [-0.39, 0.29) is 5.91 Å². The van der Waals surface area contributed by atoms with Crippen LogP contribution >= 0.6 is 0 Å². The Balaban J connectivity index is 2.09. The first-order chi connectivity index (χ1) is 10.9. The third-order valence-corrected chi connectivity index (χ3v) is 3.63. The number of benzene rings is 2. The molecule has 1 unspecified atom stereocenters. The Kier molecular flexibility index (Phi) is 5.61. The lowest BCUT2D eigenvalue weighted by Crippen LogP contribution is -2.51. The van der Waals surface area contributed by atoms with Gasteiger partial charge in [0.05, 0.1) is 12.1 Å². The Hall–Kier alpha value is -2.07. The van der Waals surface area contributed by atoms with Gasteiger partial charge in [-0.15, -0.1) is 0 Å². The zero-order valence-corrected chi connectivity index (χ0v) is 14.3. The van der Waals surface area contributed by atoms with Crippen LogP contribution in [0.1, 0.15) is 27.2 Å². The van der Waals surface area contributed by atoms with Gasteiger partial charge in [-0.1, -0.05) is 37.3 Å². The van der Waals surface area contributed by atoms with E-state index in [0.29, 0.717) is 18.8 Å². The van der Waals surface area contributed by atoms with Crippen molar-refractivity contribution in [1.29, 1.82) is 0 Å². The summed E-state index contributed by atoms with van der Waals surface area (Å²) in [6, 6.07) is 13.9. The number of hydrogen-bond acceptors (Lipinski definition) is 3. The van der Waals surface area contributed by atoms with Crippen LogP contribution in [0, 0.1) is 0 Å². The van der Waals surface area contributed by atoms with Gasteiger partial charge in [0.2, 0.25) is 0 Å². The maximum atomic E-state index is 12.4. The maximum Gasteiger partial charge on any atom is 0.261 e. The first-order valence-electron chi connectivity index (χ1n) is 7.91. The number of methoxy groups -OCH3 is 1. The minimum absolute atomic E-state index is 0.122. The van der Waals surface area contributed by atoms with Crippen LogP contribution in [0.25, 0.3) is 10.8 Å². The van der Waals surface area contributed by atoms with Crippen LogP contribution in [-0.2, 0) is 9.53 Å². The highest BCUT2D eigenvalue weighted by Crippen LogP contribution is 2.22. The zero-order valence-electron chi connectivity index (χ0n) is 14.3. The predicted octanol–water partition coefficient (Wildman–Crippen LogP) is 3.54. The molecule has 23 heavy (non-hydrogen) atoms. The highest BCUT2D eigenvalue weighted by atomic mass is 16.5. The number of nitrogens with one attached hydrogen (secondary N) is 1. The molecule has 0 saturated carbocycles. The number of fused-ring (bicyclic) bond motifs is 1. The van der Waals surface area contributed by atoms with Crippen LogP contribution in [-0.4, -0.2) is 31.3 Å². The molecule has 124 valence electrons. The molecule has 1 atom stereocenters. The van der Waals surface area contributed by atoms with Crippen molar-refractivity contribution in [2.75, 3.05) is 13.7 Å². The van der Waals surface area contributed by atoms with Crippen LogP contribution in [0.3, 0.4) is 0 Å². The fourth-order valence-electron chi connectivity index (χ4n) is 2.54. The number of hydrogen-bond donors (Lipinski definition) is 1. The number of ether oxygens (including phenoxy) is 2. The summed E-state index contributed by atoms with van der Waals surface area (Å²) in [6.45, 7) is 6.24. The predicted molar refractivity (Wildman–Crippen MR) is 92.8 cm³/mol. The lowest BCUT2D eigenvalue weighted by molar-refractivity contribution is -0.130. The molecular weight excluding hydrogens is 290 g/mol. The Bertz CT molecular complexity index is 666. The number of carbonyl (C=O) groups excluding carboxylic acids is 1. The van der Waals surface area contributed by atoms with Crippen LogP contribution in [0.4, 0.5) is 0 Å². The molecule has 2 rings (SSSR count). The van der Waals surface area contributed by atoms with Gasteiger partial charge in [-0.25, -0.2) is 0 Å². The van der Waals surface area contributed by atoms with E-state index in [1.807, 2.05) is 57.2 Å². The smallest absolute Gasteiger partial charge is 0.261 e. The molecule has 0 spiro atoms. The molecule has 0 heterocycles. The van der Waals surface area contributed by atoms with Crippen molar-refractivity contribution < 1.29 is 14.3 Å². The van der Waals surface area contributed by atoms with Crippen molar-refractivity contribution in [3.05, 3.63) is 42.5 Å². The van der Waals surface area contributed by atoms with E-state index >= 15 is 0 Å². The zero-order chi connectivity index (χ0) is 16.9. The second kappa shape index (κ2) is 7.47. The number of carbonyl (C=O) groups is 1. The largest absolute Gasteiger partial charge is 0.481 e. The summed E-state index contributed by atoms with van der Waals surface area (Å²) in [6.07, 6.45) is 0.0779. The molecule has 1 N–H and O–H groups in total. The number of amides is 1. The van der Waals surface area contributed by atoms with E-state index < -0.39 is 11.6 Å². The highest BCUT2D eigenvalue weighted by molar-refractivity contribution is 5.84. The maximum absolute atomic E-state index is 12.4. The Morgan fingerprint density at radius 3 is 2.52 bits per heavy atom. The van der Waals surface area contributed by atoms with E-state index in [1.54, 1.807) is 7.11 Å². The van der Waals surface area contributed by atoms with Gasteiger partial charge in [-0.05, 0) is 43.2 Å². The molecular formula is C19H25NO3. The lowest BCUT2D eigenvalue weighted by atomic mass is 10.1. The van der Waals surface area contributed by atoms with Crippen molar-refractivity contribution in [2.24, 2.45) is 0 Å². The van der Waals surface area contributed by atoms with Gasteiger partial charge in [-0.3, -0.25) is 4.79 Å². The average Bonchev–Trinajstić information content (AvgIpc) is 2.51. The van der Waals surface area contributed by atoms with Gasteiger partial charge < -0.3 is 14.8 Å². The summed E-state index contributed by atoms with van der Waals surface area (Å²) in [4.78, 5) is 12.4. The summed E-state index contributed by atoms with van der Waals surface area (Å²) in [5, 5.41) is 5.23. The molecule has 0 fully saturated rings. The SMILES string of the molecule is CCC(Oc1ccc2ccccc2c1)C(=O)NC(C)(C)COC. The second-order valence-corrected chi connectivity index (χ2v) is 6.33. The van der Waals surface area contributed by atoms with Gasteiger partial charge in [0.1, 0.15) is 5.75 Å². The van der Waals surface area contributed by atoms with Crippen molar-refractivity contribution in [3.63, 3.8) is 0 Å². The molecule has 0 bridgehead atoms. The summed E-state index contributed by atoms with van der Waals surface area (Å²) >= 11 is 0. The first kappa shape index (κ1) is 17.3. The standard InChI is InChI=1S/C19H25NO3/c1-5-17(18(21)20-19(2,3)13-22-4)23-16-11-10-14-8-6-7-9-15(14)12-16/h6-12,17H,5,13H2,1-4H3,(H,20,21). The van der Waals surface area contributed by atoms with Gasteiger partial charge in [0.25, 0.3) is 5.91 Å². The third-order valence-electron chi connectivity index (χ3n) is 3.63. The van der Waals surface area contributed by atoms with Crippen LogP contribution < -0.4 is 10.1 Å². The molecule has 0 aliphatic carbocycles.